The first-order chi connectivity index (χ1) is 33.2. The summed E-state index contributed by atoms with van der Waals surface area (Å²) in [5.41, 5.74) is 12.5. The van der Waals surface area contributed by atoms with Crippen LogP contribution in [0.2, 0.25) is 0 Å². The molecule has 1 aliphatic carbocycles. The van der Waals surface area contributed by atoms with Crippen molar-refractivity contribution >= 4 is 81.9 Å². The summed E-state index contributed by atoms with van der Waals surface area (Å²) in [7, 11) is 0. The summed E-state index contributed by atoms with van der Waals surface area (Å²) in [6.07, 6.45) is 17.8. The summed E-state index contributed by atoms with van der Waals surface area (Å²) in [4.78, 5) is 30.6. The van der Waals surface area contributed by atoms with Crippen molar-refractivity contribution < 1.29 is 4.74 Å². The SMILES string of the molecule is C1=CC2=CC=C(c3cccc4c3c(-c3nncc5ccccc35)nc3c(-c5ncc6ccccc6n5)c(-c5cnc6ccccc6n5)c(-c5cccc6c5[nH]c5ccccc56)cc34)OC2C=C1. The van der Waals surface area contributed by atoms with Crippen molar-refractivity contribution in [3.63, 3.8) is 0 Å². The van der Waals surface area contributed by atoms with E-state index in [1.54, 1.807) is 6.20 Å². The van der Waals surface area contributed by atoms with Gasteiger partial charge in [-0.05, 0) is 59.0 Å². The van der Waals surface area contributed by atoms with E-state index in [1.165, 1.54) is 0 Å². The van der Waals surface area contributed by atoms with Crippen molar-refractivity contribution in [3.8, 4) is 45.2 Å². The van der Waals surface area contributed by atoms with Gasteiger partial charge < -0.3 is 9.72 Å². The molecule has 0 saturated carbocycles. The quantitative estimate of drug-likeness (QED) is 0.170. The van der Waals surface area contributed by atoms with Crippen LogP contribution in [0.3, 0.4) is 0 Å². The maximum atomic E-state index is 6.84. The van der Waals surface area contributed by atoms with E-state index >= 15 is 0 Å². The number of pyridine rings is 1. The van der Waals surface area contributed by atoms with E-state index in [-0.39, 0.29) is 6.10 Å². The molecular weight excluding hydrogens is 825 g/mol. The van der Waals surface area contributed by atoms with Gasteiger partial charge in [0, 0.05) is 66.1 Å². The van der Waals surface area contributed by atoms with Crippen LogP contribution in [0, 0.1) is 0 Å². The van der Waals surface area contributed by atoms with Gasteiger partial charge >= 0.3 is 0 Å². The molecule has 7 aromatic carbocycles. The first-order valence-electron chi connectivity index (χ1n) is 22.2. The predicted octanol–water partition coefficient (Wildman–Crippen LogP) is 13.3. The van der Waals surface area contributed by atoms with E-state index in [0.717, 1.165) is 110 Å². The molecule has 1 atom stereocenters. The monoisotopic (exact) mass is 858 g/mol. The molecule has 14 rings (SSSR count). The summed E-state index contributed by atoms with van der Waals surface area (Å²) < 4.78 is 6.84. The predicted molar refractivity (Wildman–Crippen MR) is 269 cm³/mol. The maximum absolute atomic E-state index is 6.84. The Balaban J connectivity index is 1.20. The normalized spacial score (nSPS) is 14.6. The van der Waals surface area contributed by atoms with Gasteiger partial charge in [-0.2, -0.15) is 5.10 Å². The van der Waals surface area contributed by atoms with Crippen LogP contribution in [-0.2, 0) is 4.74 Å². The van der Waals surface area contributed by atoms with Gasteiger partial charge in [-0.15, -0.1) is 5.10 Å². The molecule has 12 aromatic rings. The number of rotatable bonds is 5. The van der Waals surface area contributed by atoms with Crippen molar-refractivity contribution in [2.24, 2.45) is 0 Å². The van der Waals surface area contributed by atoms with Crippen LogP contribution < -0.4 is 0 Å². The van der Waals surface area contributed by atoms with Gasteiger partial charge in [0.25, 0.3) is 0 Å². The molecule has 0 bridgehead atoms. The van der Waals surface area contributed by atoms with Gasteiger partial charge in [-0.1, -0.05) is 133 Å². The summed E-state index contributed by atoms with van der Waals surface area (Å²) >= 11 is 0. The fraction of sp³-hybridized carbons (Fsp3) is 0.0172. The second kappa shape index (κ2) is 14.7. The van der Waals surface area contributed by atoms with Crippen LogP contribution in [-0.4, -0.2) is 46.2 Å². The zero-order valence-electron chi connectivity index (χ0n) is 35.6. The number of H-pyrrole nitrogens is 1. The third-order valence-electron chi connectivity index (χ3n) is 13.1. The highest BCUT2D eigenvalue weighted by molar-refractivity contribution is 6.22. The lowest BCUT2D eigenvalue weighted by molar-refractivity contribution is 0.243. The summed E-state index contributed by atoms with van der Waals surface area (Å²) in [6.45, 7) is 0. The van der Waals surface area contributed by atoms with Crippen molar-refractivity contribution in [1.82, 2.24) is 40.1 Å². The molecule has 0 fully saturated rings. The molecular formula is C58H34N8O. The fourth-order valence-corrected chi connectivity index (χ4v) is 10.0. The number of benzene rings is 7. The smallest absolute Gasteiger partial charge is 0.162 e. The van der Waals surface area contributed by atoms with Crippen molar-refractivity contribution in [3.05, 3.63) is 206 Å². The first-order valence-corrected chi connectivity index (χ1v) is 22.2. The molecule has 6 heterocycles. The number of fused-ring (bicyclic) bond motifs is 10. The zero-order chi connectivity index (χ0) is 44.0. The lowest BCUT2D eigenvalue weighted by Crippen LogP contribution is -2.16. The Morgan fingerprint density at radius 1 is 0.522 bits per heavy atom. The number of aromatic amines is 1. The largest absolute Gasteiger partial charge is 0.481 e. The zero-order valence-corrected chi connectivity index (χ0v) is 35.6. The highest BCUT2D eigenvalue weighted by Gasteiger charge is 2.29. The number of nitrogens with zero attached hydrogens (tertiary/aromatic N) is 7. The Labute approximate surface area is 382 Å². The second-order valence-corrected chi connectivity index (χ2v) is 16.9. The van der Waals surface area contributed by atoms with Gasteiger partial charge in [-0.25, -0.2) is 19.9 Å². The van der Waals surface area contributed by atoms with E-state index in [1.807, 2.05) is 85.2 Å². The molecule has 0 spiro atoms. The van der Waals surface area contributed by atoms with Gasteiger partial charge in [0.15, 0.2) is 5.82 Å². The molecule has 67 heavy (non-hydrogen) atoms. The van der Waals surface area contributed by atoms with Crippen LogP contribution >= 0.6 is 0 Å². The molecule has 0 amide bonds. The Morgan fingerprint density at radius 3 is 2.22 bits per heavy atom. The summed E-state index contributed by atoms with van der Waals surface area (Å²) in [6, 6.07) is 47.8. The Kier molecular flexibility index (Phi) is 8.14. The van der Waals surface area contributed by atoms with E-state index in [0.29, 0.717) is 28.4 Å². The Bertz CT molecular complexity index is 4220. The average molecular weight is 859 g/mol. The minimum Gasteiger partial charge on any atom is -0.481 e. The minimum atomic E-state index is -0.222. The van der Waals surface area contributed by atoms with Gasteiger partial charge in [0.1, 0.15) is 23.3 Å². The van der Waals surface area contributed by atoms with Crippen LogP contribution in [0.5, 0.6) is 0 Å². The minimum absolute atomic E-state index is 0.222. The number of ether oxygens (including phenoxy) is 1. The lowest BCUT2D eigenvalue weighted by Gasteiger charge is -2.26. The number of aromatic nitrogens is 8. The Hall–Kier alpha value is -9.21. The number of hydrogen-bond donors (Lipinski definition) is 1. The molecule has 9 heteroatoms. The number of hydrogen-bond acceptors (Lipinski definition) is 8. The van der Waals surface area contributed by atoms with E-state index in [9.17, 15) is 0 Å². The third kappa shape index (κ3) is 5.84. The molecule has 9 nitrogen and oxygen atoms in total. The molecule has 5 aromatic heterocycles. The number of allylic oxidation sites excluding steroid dienone is 4. The first kappa shape index (κ1) is 37.2. The molecule has 1 N–H and O–H groups in total. The number of para-hydroxylation sites is 5. The molecule has 1 aliphatic heterocycles. The van der Waals surface area contributed by atoms with Gasteiger partial charge in [-0.3, -0.25) is 4.98 Å². The molecule has 2 aliphatic rings. The highest BCUT2D eigenvalue weighted by atomic mass is 16.5. The van der Waals surface area contributed by atoms with Crippen LogP contribution in [0.25, 0.3) is 127 Å². The third-order valence-corrected chi connectivity index (χ3v) is 13.1. The Morgan fingerprint density at radius 2 is 1.30 bits per heavy atom. The lowest BCUT2D eigenvalue weighted by atomic mass is 9.86. The molecule has 1 unspecified atom stereocenters. The standard InChI is InChI=1S/C58H34N8O/c1-4-16-36-34(14-1)31-61-66-56(36)57-51-38(18-11-21-41(51)50-28-27-33-13-3-10-26-49(33)67-50)43-29-42(40-20-12-19-39-37-17-5-7-23-45(37)63-54(39)40)52(48-32-59-46-24-8-9-25-47(46)62-48)53(55(43)65-57)58-60-30-35-15-2-6-22-44(35)64-58/h1-32,49,63H. The van der Waals surface area contributed by atoms with Crippen LogP contribution in [0.15, 0.2) is 200 Å². The van der Waals surface area contributed by atoms with Crippen molar-refractivity contribution in [2.75, 3.05) is 0 Å². The van der Waals surface area contributed by atoms with Crippen molar-refractivity contribution in [1.29, 1.82) is 0 Å². The fourth-order valence-electron chi connectivity index (χ4n) is 10.0. The van der Waals surface area contributed by atoms with E-state index in [2.05, 4.69) is 113 Å². The summed E-state index contributed by atoms with van der Waals surface area (Å²) in [5.74, 6) is 1.24. The van der Waals surface area contributed by atoms with Crippen LogP contribution in [0.4, 0.5) is 0 Å². The van der Waals surface area contributed by atoms with E-state index < -0.39 is 0 Å². The van der Waals surface area contributed by atoms with Gasteiger partial charge in [0.2, 0.25) is 0 Å². The van der Waals surface area contributed by atoms with Crippen LogP contribution in [0.1, 0.15) is 5.56 Å². The number of nitrogens with one attached hydrogen (secondary N) is 1. The highest BCUT2D eigenvalue weighted by Crippen LogP contribution is 2.49. The topological polar surface area (TPSA) is 115 Å². The van der Waals surface area contributed by atoms with E-state index in [4.69, 9.17) is 34.8 Å². The van der Waals surface area contributed by atoms with Gasteiger partial charge in [0.05, 0.1) is 51.2 Å². The maximum Gasteiger partial charge on any atom is 0.162 e. The molecule has 0 saturated heterocycles. The molecule has 0 radical (unpaired) electrons. The average Bonchev–Trinajstić information content (AvgIpc) is 3.78. The summed E-state index contributed by atoms with van der Waals surface area (Å²) in [5, 5.41) is 17.3. The van der Waals surface area contributed by atoms with Crippen molar-refractivity contribution in [2.45, 2.75) is 6.10 Å². The molecule has 312 valence electrons. The second-order valence-electron chi connectivity index (χ2n) is 16.9.